The Hall–Kier alpha value is -0.0500. The van der Waals surface area contributed by atoms with Crippen molar-refractivity contribution in [3.8, 4) is 0 Å². The topological polar surface area (TPSA) is 26.0 Å². The molecule has 3 heteroatoms. The van der Waals surface area contributed by atoms with Crippen molar-refractivity contribution in [3.63, 3.8) is 0 Å². The molecule has 1 aromatic heterocycles. The minimum absolute atomic E-state index is 0.158. The highest BCUT2D eigenvalue weighted by atomic mass is 35.5. The van der Waals surface area contributed by atoms with Crippen LogP contribution in [0, 0.1) is 22.7 Å². The van der Waals surface area contributed by atoms with Gasteiger partial charge >= 0.3 is 0 Å². The van der Waals surface area contributed by atoms with E-state index in [1.54, 1.807) is 11.3 Å². The van der Waals surface area contributed by atoms with Crippen molar-refractivity contribution in [2.75, 3.05) is 0 Å². The van der Waals surface area contributed by atoms with E-state index < -0.39 is 0 Å². The first-order valence-corrected chi connectivity index (χ1v) is 8.74. The monoisotopic (exact) mass is 295 g/mol. The van der Waals surface area contributed by atoms with Crippen molar-refractivity contribution in [1.29, 1.82) is 0 Å². The van der Waals surface area contributed by atoms with Gasteiger partial charge in [0, 0.05) is 10.9 Å². The van der Waals surface area contributed by atoms with Crippen LogP contribution in [0.2, 0.25) is 5.02 Å². The molecule has 1 aromatic rings. The minimum Gasteiger partial charge on any atom is -0.323 e. The average Bonchev–Trinajstić information content (AvgIpc) is 2.71. The number of rotatable bonds is 2. The fourth-order valence-corrected chi connectivity index (χ4v) is 7.28. The van der Waals surface area contributed by atoms with Gasteiger partial charge in [-0.15, -0.1) is 11.3 Å². The smallest absolute Gasteiger partial charge is 0.0561 e. The molecule has 0 saturated heterocycles. The second-order valence-electron chi connectivity index (χ2n) is 7.74. The van der Waals surface area contributed by atoms with Crippen LogP contribution in [-0.4, -0.2) is 0 Å². The Bertz CT molecular complexity index is 495. The van der Waals surface area contributed by atoms with Gasteiger partial charge in [0.2, 0.25) is 0 Å². The lowest BCUT2D eigenvalue weighted by atomic mass is 9.43. The van der Waals surface area contributed by atoms with Gasteiger partial charge in [-0.3, -0.25) is 0 Å². The second-order valence-corrected chi connectivity index (χ2v) is 9.10. The van der Waals surface area contributed by atoms with E-state index in [1.807, 2.05) is 6.07 Å². The molecule has 4 bridgehead atoms. The van der Waals surface area contributed by atoms with Crippen LogP contribution < -0.4 is 5.73 Å². The zero-order chi connectivity index (χ0) is 13.3. The van der Waals surface area contributed by atoms with Crippen LogP contribution in [0.1, 0.15) is 56.4 Å². The lowest BCUT2D eigenvalue weighted by molar-refractivity contribution is -0.113. The zero-order valence-corrected chi connectivity index (χ0v) is 13.1. The van der Waals surface area contributed by atoms with Crippen molar-refractivity contribution in [2.24, 2.45) is 28.4 Å². The highest BCUT2D eigenvalue weighted by molar-refractivity contribution is 7.10. The maximum Gasteiger partial charge on any atom is 0.0561 e. The summed E-state index contributed by atoms with van der Waals surface area (Å²) in [7, 11) is 0. The lowest BCUT2D eigenvalue weighted by Gasteiger charge is -2.63. The quantitative estimate of drug-likeness (QED) is 0.815. The summed E-state index contributed by atoms with van der Waals surface area (Å²) < 4.78 is 0. The van der Waals surface area contributed by atoms with Crippen molar-refractivity contribution in [1.82, 2.24) is 0 Å². The number of thiophene rings is 1. The number of hydrogen-bond donors (Lipinski definition) is 1. The van der Waals surface area contributed by atoms with Crippen LogP contribution in [0.3, 0.4) is 0 Å². The maximum atomic E-state index is 6.72. The molecule has 1 nitrogen and oxygen atoms in total. The van der Waals surface area contributed by atoms with Crippen molar-refractivity contribution in [2.45, 2.75) is 51.5 Å². The fourth-order valence-electron chi connectivity index (χ4n) is 5.97. The third-order valence-corrected chi connectivity index (χ3v) is 7.43. The van der Waals surface area contributed by atoms with Gasteiger partial charge in [-0.2, -0.15) is 0 Å². The summed E-state index contributed by atoms with van der Waals surface area (Å²) in [6, 6.07) is 2.16. The fraction of sp³-hybridized carbons (Fsp3) is 0.750. The standard InChI is InChI=1S/C16H22ClNS/c1-15-5-10-4-11(6-15)8-16(7-10,9-15)14(18)13-12(17)2-3-19-13/h2-3,10-11,14H,4-9,18H2,1H3. The third-order valence-electron chi connectivity index (χ3n) is 5.99. The Labute approximate surface area is 124 Å². The summed E-state index contributed by atoms with van der Waals surface area (Å²) in [6.45, 7) is 2.50. The van der Waals surface area contributed by atoms with Crippen LogP contribution in [0.5, 0.6) is 0 Å². The molecular weight excluding hydrogens is 274 g/mol. The molecule has 0 radical (unpaired) electrons. The molecule has 0 aliphatic heterocycles. The summed E-state index contributed by atoms with van der Waals surface area (Å²) in [4.78, 5) is 1.23. The van der Waals surface area contributed by atoms with Crippen molar-refractivity contribution >= 4 is 22.9 Å². The Morgan fingerprint density at radius 1 is 1.32 bits per heavy atom. The zero-order valence-electron chi connectivity index (χ0n) is 11.5. The molecule has 5 rings (SSSR count). The molecule has 19 heavy (non-hydrogen) atoms. The summed E-state index contributed by atoms with van der Waals surface area (Å²) in [5.41, 5.74) is 7.63. The highest BCUT2D eigenvalue weighted by Gasteiger charge is 2.58. The van der Waals surface area contributed by atoms with Gasteiger partial charge in [-0.05, 0) is 72.6 Å². The molecule has 4 saturated carbocycles. The SMILES string of the molecule is CC12CC3CC(C1)CC(C(N)c1sccc1Cl)(C3)C2. The number of hydrogen-bond acceptors (Lipinski definition) is 2. The largest absolute Gasteiger partial charge is 0.323 e. The first kappa shape index (κ1) is 12.7. The summed E-state index contributed by atoms with van der Waals surface area (Å²) in [6.07, 6.45) is 8.35. The summed E-state index contributed by atoms with van der Waals surface area (Å²) in [5.74, 6) is 1.85. The van der Waals surface area contributed by atoms with Gasteiger partial charge in [0.05, 0.1) is 5.02 Å². The van der Waals surface area contributed by atoms with Gasteiger partial charge in [0.15, 0.2) is 0 Å². The molecule has 4 fully saturated rings. The van der Waals surface area contributed by atoms with E-state index in [0.29, 0.717) is 10.8 Å². The van der Waals surface area contributed by atoms with E-state index in [1.165, 1.54) is 43.4 Å². The molecule has 3 unspecified atom stereocenters. The molecule has 0 amide bonds. The Balaban J connectivity index is 1.72. The van der Waals surface area contributed by atoms with Crippen LogP contribution >= 0.6 is 22.9 Å². The van der Waals surface area contributed by atoms with Crippen molar-refractivity contribution in [3.05, 3.63) is 21.3 Å². The molecule has 2 N–H and O–H groups in total. The molecule has 3 atom stereocenters. The normalized spacial score (nSPS) is 45.6. The van der Waals surface area contributed by atoms with Gasteiger partial charge in [0.25, 0.3) is 0 Å². The molecular formula is C16H22ClNS. The molecule has 4 aliphatic carbocycles. The molecule has 104 valence electrons. The van der Waals surface area contributed by atoms with Crippen LogP contribution in [0.4, 0.5) is 0 Å². The Morgan fingerprint density at radius 2 is 2.00 bits per heavy atom. The molecule has 4 aliphatic rings. The third kappa shape index (κ3) is 1.83. The predicted molar refractivity (Wildman–Crippen MR) is 81.5 cm³/mol. The average molecular weight is 296 g/mol. The minimum atomic E-state index is 0.158. The lowest BCUT2D eigenvalue weighted by Crippen LogP contribution is -2.54. The van der Waals surface area contributed by atoms with Crippen molar-refractivity contribution < 1.29 is 0 Å². The van der Waals surface area contributed by atoms with Crippen LogP contribution in [0.25, 0.3) is 0 Å². The van der Waals surface area contributed by atoms with E-state index in [2.05, 4.69) is 12.3 Å². The second kappa shape index (κ2) is 3.99. The molecule has 1 heterocycles. The van der Waals surface area contributed by atoms with E-state index in [9.17, 15) is 0 Å². The van der Waals surface area contributed by atoms with Gasteiger partial charge in [-0.1, -0.05) is 18.5 Å². The van der Waals surface area contributed by atoms with Crippen LogP contribution in [0.15, 0.2) is 11.4 Å². The van der Waals surface area contributed by atoms with E-state index in [4.69, 9.17) is 17.3 Å². The van der Waals surface area contributed by atoms with E-state index in [-0.39, 0.29) is 6.04 Å². The van der Waals surface area contributed by atoms with E-state index >= 15 is 0 Å². The number of halogens is 1. The van der Waals surface area contributed by atoms with E-state index in [0.717, 1.165) is 16.9 Å². The highest BCUT2D eigenvalue weighted by Crippen LogP contribution is 2.68. The molecule has 0 aromatic carbocycles. The summed E-state index contributed by atoms with van der Waals surface area (Å²) >= 11 is 8.09. The van der Waals surface area contributed by atoms with Gasteiger partial charge in [-0.25, -0.2) is 0 Å². The first-order chi connectivity index (χ1) is 9.00. The Kier molecular flexibility index (Phi) is 2.66. The number of nitrogens with two attached hydrogens (primary N) is 1. The van der Waals surface area contributed by atoms with Gasteiger partial charge in [0.1, 0.15) is 0 Å². The van der Waals surface area contributed by atoms with Crippen LogP contribution in [-0.2, 0) is 0 Å². The van der Waals surface area contributed by atoms with Gasteiger partial charge < -0.3 is 5.73 Å². The Morgan fingerprint density at radius 3 is 2.53 bits per heavy atom. The summed E-state index contributed by atoms with van der Waals surface area (Å²) in [5, 5.41) is 2.97. The predicted octanol–water partition coefficient (Wildman–Crippen LogP) is 5.01. The maximum absolute atomic E-state index is 6.72. The molecule has 0 spiro atoms. The first-order valence-electron chi connectivity index (χ1n) is 7.48.